The highest BCUT2D eigenvalue weighted by Gasteiger charge is 2.45. The molecule has 0 spiro atoms. The van der Waals surface area contributed by atoms with Gasteiger partial charge in [0, 0.05) is 18.7 Å². The Bertz CT molecular complexity index is 535. The van der Waals surface area contributed by atoms with Crippen molar-refractivity contribution in [3.05, 3.63) is 29.1 Å². The number of hydrogen-bond donors (Lipinski definition) is 0. The molecule has 1 aromatic rings. The minimum atomic E-state index is -0.234. The number of likely N-dealkylation sites (N-methyl/N-ethyl adjacent to an activating group) is 1. The van der Waals surface area contributed by atoms with Crippen molar-refractivity contribution in [1.82, 2.24) is 0 Å². The first-order valence-electron chi connectivity index (χ1n) is 8.34. The number of quaternary nitrogens is 1. The summed E-state index contributed by atoms with van der Waals surface area (Å²) in [6.45, 7) is 13.9. The number of aryl methyl sites for hydroxylation is 2. The molecule has 0 N–H and O–H groups in total. The van der Waals surface area contributed by atoms with Crippen LogP contribution in [0.15, 0.2) is 12.1 Å². The average molecular weight is 307 g/mol. The van der Waals surface area contributed by atoms with Gasteiger partial charge in [-0.1, -0.05) is 0 Å². The molecule has 0 aromatic heterocycles. The van der Waals surface area contributed by atoms with E-state index in [1.165, 1.54) is 12.1 Å². The highest BCUT2D eigenvalue weighted by Crippen LogP contribution is 2.33. The van der Waals surface area contributed by atoms with Gasteiger partial charge >= 0.3 is 0 Å². The monoisotopic (exact) mass is 307 g/mol. The van der Waals surface area contributed by atoms with Gasteiger partial charge in [0.1, 0.15) is 5.82 Å². The maximum Gasteiger partial charge on any atom is 0.285 e. The summed E-state index contributed by atoms with van der Waals surface area (Å²) in [5.74, 6) is -0.0360. The number of nitrogens with zero attached hydrogens (tertiary/aromatic N) is 2. The number of hydrogen-bond acceptors (Lipinski definition) is 1. The van der Waals surface area contributed by atoms with Crippen LogP contribution in [-0.4, -0.2) is 42.6 Å². The summed E-state index contributed by atoms with van der Waals surface area (Å²) in [6.07, 6.45) is 0.880. The summed E-state index contributed by atoms with van der Waals surface area (Å²) < 4.78 is 14.4. The normalized spacial score (nSPS) is 19.1. The Balaban J connectivity index is 2.37. The number of rotatable bonds is 5. The Hall–Kier alpha value is -1.42. The van der Waals surface area contributed by atoms with E-state index in [1.807, 2.05) is 18.7 Å². The van der Waals surface area contributed by atoms with E-state index in [0.717, 1.165) is 53.9 Å². The van der Waals surface area contributed by atoms with Gasteiger partial charge in [0.05, 0.1) is 19.6 Å². The van der Waals surface area contributed by atoms with Crippen molar-refractivity contribution in [3.8, 4) is 0 Å². The maximum absolute atomic E-state index is 13.5. The van der Waals surface area contributed by atoms with Gasteiger partial charge in [0.2, 0.25) is 0 Å². The molecule has 1 aromatic carbocycles. The van der Waals surface area contributed by atoms with Crippen molar-refractivity contribution < 1.29 is 13.7 Å². The molecule has 1 heterocycles. The number of benzene rings is 1. The summed E-state index contributed by atoms with van der Waals surface area (Å²) in [6, 6.07) is 3.07. The molecule has 0 saturated carbocycles. The van der Waals surface area contributed by atoms with Crippen LogP contribution in [0.25, 0.3) is 0 Å². The minimum Gasteiger partial charge on any atom is -0.314 e. The lowest BCUT2D eigenvalue weighted by Gasteiger charge is -2.40. The zero-order valence-electron chi connectivity index (χ0n) is 14.4. The van der Waals surface area contributed by atoms with Gasteiger partial charge < -0.3 is 9.38 Å². The number of carbonyl (C=O) groups excluding carboxylic acids is 1. The van der Waals surface area contributed by atoms with Crippen LogP contribution < -0.4 is 4.90 Å². The zero-order chi connectivity index (χ0) is 16.5. The molecule has 0 aliphatic carbocycles. The fraction of sp³-hybridized carbons (Fsp3) is 0.611. The fourth-order valence-corrected chi connectivity index (χ4v) is 4.06. The molecule has 1 atom stereocenters. The maximum atomic E-state index is 13.5. The van der Waals surface area contributed by atoms with Crippen LogP contribution >= 0.6 is 0 Å². The van der Waals surface area contributed by atoms with E-state index in [9.17, 15) is 9.18 Å². The van der Waals surface area contributed by atoms with E-state index < -0.39 is 0 Å². The van der Waals surface area contributed by atoms with Crippen molar-refractivity contribution in [1.29, 1.82) is 0 Å². The van der Waals surface area contributed by atoms with Crippen molar-refractivity contribution >= 4 is 11.6 Å². The predicted octanol–water partition coefficient (Wildman–Crippen LogP) is 3.42. The van der Waals surface area contributed by atoms with Crippen LogP contribution in [0.2, 0.25) is 0 Å². The first kappa shape index (κ1) is 16.9. The molecule has 122 valence electrons. The van der Waals surface area contributed by atoms with Crippen LogP contribution in [0, 0.1) is 19.7 Å². The summed E-state index contributed by atoms with van der Waals surface area (Å²) in [7, 11) is 0. The lowest BCUT2D eigenvalue weighted by molar-refractivity contribution is -0.937. The topological polar surface area (TPSA) is 20.3 Å². The van der Waals surface area contributed by atoms with E-state index in [4.69, 9.17) is 0 Å². The fourth-order valence-electron chi connectivity index (χ4n) is 4.06. The van der Waals surface area contributed by atoms with Gasteiger partial charge in [-0.05, 0) is 57.9 Å². The Labute approximate surface area is 133 Å². The van der Waals surface area contributed by atoms with Gasteiger partial charge in [-0.2, -0.15) is 0 Å². The van der Waals surface area contributed by atoms with Gasteiger partial charge in [-0.15, -0.1) is 0 Å². The second-order valence-corrected chi connectivity index (χ2v) is 6.35. The molecule has 1 amide bonds. The SMILES string of the molecule is CC[N+](CC)(CC)C1CCN(c2c(C)cc(F)cc2C)C1=O. The minimum absolute atomic E-state index is 0.0313. The quantitative estimate of drug-likeness (QED) is 0.763. The molecule has 1 aliphatic rings. The molecule has 0 bridgehead atoms. The van der Waals surface area contributed by atoms with Crippen LogP contribution in [-0.2, 0) is 4.79 Å². The van der Waals surface area contributed by atoms with Crippen molar-refractivity contribution in [2.45, 2.75) is 47.1 Å². The molecule has 4 heteroatoms. The van der Waals surface area contributed by atoms with Gasteiger partial charge in [-0.25, -0.2) is 4.39 Å². The molecule has 1 saturated heterocycles. The second kappa shape index (κ2) is 6.37. The largest absolute Gasteiger partial charge is 0.314 e. The number of carbonyl (C=O) groups is 1. The molecule has 1 fully saturated rings. The predicted molar refractivity (Wildman–Crippen MR) is 88.5 cm³/mol. The third-order valence-corrected chi connectivity index (χ3v) is 5.45. The third-order valence-electron chi connectivity index (χ3n) is 5.45. The Morgan fingerprint density at radius 2 is 1.64 bits per heavy atom. The average Bonchev–Trinajstić information content (AvgIpc) is 2.84. The van der Waals surface area contributed by atoms with E-state index in [2.05, 4.69) is 20.8 Å². The summed E-state index contributed by atoms with van der Waals surface area (Å²) in [5, 5.41) is 0. The van der Waals surface area contributed by atoms with Crippen LogP contribution in [0.4, 0.5) is 10.1 Å². The van der Waals surface area contributed by atoms with Gasteiger partial charge in [0.15, 0.2) is 6.04 Å². The molecule has 2 rings (SSSR count). The van der Waals surface area contributed by atoms with Gasteiger partial charge in [-0.3, -0.25) is 4.79 Å². The zero-order valence-corrected chi connectivity index (χ0v) is 14.4. The summed E-state index contributed by atoms with van der Waals surface area (Å²) in [5.41, 5.74) is 2.58. The smallest absolute Gasteiger partial charge is 0.285 e. The van der Waals surface area contributed by atoms with Gasteiger partial charge in [0.25, 0.3) is 5.91 Å². The lowest BCUT2D eigenvalue weighted by Crippen LogP contribution is -2.58. The lowest BCUT2D eigenvalue weighted by atomic mass is 10.1. The number of halogens is 1. The molecule has 3 nitrogen and oxygen atoms in total. The first-order chi connectivity index (χ1) is 10.4. The molecular weight excluding hydrogens is 279 g/mol. The van der Waals surface area contributed by atoms with Crippen molar-refractivity contribution in [2.24, 2.45) is 0 Å². The molecule has 22 heavy (non-hydrogen) atoms. The van der Waals surface area contributed by atoms with Crippen LogP contribution in [0.5, 0.6) is 0 Å². The summed E-state index contributed by atoms with van der Waals surface area (Å²) >= 11 is 0. The van der Waals surface area contributed by atoms with E-state index in [1.54, 1.807) is 0 Å². The Morgan fingerprint density at radius 3 is 2.09 bits per heavy atom. The standard InChI is InChI=1S/C18H28FN2O/c1-6-21(7-2,8-3)16-9-10-20(18(16)22)17-13(4)11-15(19)12-14(17)5/h11-12,16H,6-10H2,1-5H3/q+1. The Morgan fingerprint density at radius 1 is 1.14 bits per heavy atom. The van der Waals surface area contributed by atoms with Crippen LogP contribution in [0.3, 0.4) is 0 Å². The highest BCUT2D eigenvalue weighted by atomic mass is 19.1. The number of anilines is 1. The molecule has 1 unspecified atom stereocenters. The first-order valence-corrected chi connectivity index (χ1v) is 8.34. The van der Waals surface area contributed by atoms with E-state index in [-0.39, 0.29) is 17.8 Å². The second-order valence-electron chi connectivity index (χ2n) is 6.35. The Kier molecular flexibility index (Phi) is 4.90. The highest BCUT2D eigenvalue weighted by molar-refractivity contribution is 6.00. The molecule has 0 radical (unpaired) electrons. The van der Waals surface area contributed by atoms with Crippen molar-refractivity contribution in [3.63, 3.8) is 0 Å². The van der Waals surface area contributed by atoms with E-state index >= 15 is 0 Å². The third kappa shape index (κ3) is 2.65. The molecular formula is C18H28FN2O+. The van der Waals surface area contributed by atoms with Crippen LogP contribution in [0.1, 0.15) is 38.3 Å². The van der Waals surface area contributed by atoms with E-state index in [0.29, 0.717) is 0 Å². The summed E-state index contributed by atoms with van der Waals surface area (Å²) in [4.78, 5) is 14.9. The number of amides is 1. The van der Waals surface area contributed by atoms with Crippen molar-refractivity contribution in [2.75, 3.05) is 31.1 Å². The molecule has 1 aliphatic heterocycles.